The number of esters is 2. The number of methoxy groups -OCH3 is 2. The topological polar surface area (TPSA) is 108 Å². The average Bonchev–Trinajstić information content (AvgIpc) is 3.82. The molecule has 0 radical (unpaired) electrons. The molecule has 0 bridgehead atoms. The van der Waals surface area contributed by atoms with Gasteiger partial charge in [-0.1, -0.05) is 72.8 Å². The molecular weight excluding hydrogens is 616 g/mol. The van der Waals surface area contributed by atoms with Crippen LogP contribution in [0.1, 0.15) is 56.9 Å². The molecule has 6 rings (SSSR count). The third kappa shape index (κ3) is 6.12. The molecular formula is C38H34O10. The molecule has 0 aliphatic carbocycles. The highest BCUT2D eigenvalue weighted by atomic mass is 16.7. The van der Waals surface area contributed by atoms with Gasteiger partial charge in [0.1, 0.15) is 12.2 Å². The quantitative estimate of drug-likeness (QED) is 0.105. The molecule has 246 valence electrons. The highest BCUT2D eigenvalue weighted by Gasteiger charge is 2.38. The smallest absolute Gasteiger partial charge is 0.339 e. The van der Waals surface area contributed by atoms with Crippen molar-refractivity contribution in [3.63, 3.8) is 0 Å². The number of hydrogen-bond acceptors (Lipinski definition) is 10. The fraction of sp³-hybridized carbons (Fsp3) is 0.211. The molecule has 10 nitrogen and oxygen atoms in total. The minimum Gasteiger partial charge on any atom is -0.493 e. The maximum atomic E-state index is 14.3. The second kappa shape index (κ2) is 14.3. The summed E-state index contributed by atoms with van der Waals surface area (Å²) in [5, 5.41) is 0. The van der Waals surface area contributed by atoms with Crippen molar-refractivity contribution in [2.45, 2.75) is 25.0 Å². The highest BCUT2D eigenvalue weighted by molar-refractivity contribution is 6.09. The lowest BCUT2D eigenvalue weighted by molar-refractivity contribution is 0.0291. The first-order valence-corrected chi connectivity index (χ1v) is 15.2. The minimum absolute atomic E-state index is 0.0312. The van der Waals surface area contributed by atoms with Gasteiger partial charge in [-0.2, -0.15) is 0 Å². The molecule has 0 aromatic heterocycles. The predicted molar refractivity (Wildman–Crippen MR) is 176 cm³/mol. The summed E-state index contributed by atoms with van der Waals surface area (Å²) in [7, 11) is 2.90. The first-order chi connectivity index (χ1) is 23.5. The van der Waals surface area contributed by atoms with Crippen molar-refractivity contribution in [2.75, 3.05) is 27.8 Å². The summed E-state index contributed by atoms with van der Waals surface area (Å²) >= 11 is 0. The van der Waals surface area contributed by atoms with Gasteiger partial charge < -0.3 is 37.9 Å². The Kier molecular flexibility index (Phi) is 9.52. The van der Waals surface area contributed by atoms with Crippen LogP contribution in [0.4, 0.5) is 0 Å². The Balaban J connectivity index is 1.54. The van der Waals surface area contributed by atoms with E-state index in [1.807, 2.05) is 60.7 Å². The van der Waals surface area contributed by atoms with Gasteiger partial charge in [0.15, 0.2) is 23.0 Å². The lowest BCUT2D eigenvalue weighted by atomic mass is 9.91. The van der Waals surface area contributed by atoms with Gasteiger partial charge in [0.25, 0.3) is 0 Å². The van der Waals surface area contributed by atoms with Gasteiger partial charge in [-0.25, -0.2) is 9.59 Å². The van der Waals surface area contributed by atoms with Crippen LogP contribution in [0, 0.1) is 0 Å². The van der Waals surface area contributed by atoms with Crippen molar-refractivity contribution in [3.05, 3.63) is 120 Å². The van der Waals surface area contributed by atoms with E-state index >= 15 is 0 Å². The number of ether oxygens (including phenoxy) is 8. The zero-order valence-electron chi connectivity index (χ0n) is 26.6. The van der Waals surface area contributed by atoms with E-state index < -0.39 is 24.1 Å². The molecule has 2 heterocycles. The van der Waals surface area contributed by atoms with Crippen LogP contribution in [-0.2, 0) is 9.47 Å². The number of carbonyl (C=O) groups is 2. The molecule has 2 aliphatic heterocycles. The molecule has 48 heavy (non-hydrogen) atoms. The molecule has 4 aromatic carbocycles. The number of rotatable bonds is 13. The van der Waals surface area contributed by atoms with E-state index in [1.54, 1.807) is 12.2 Å². The van der Waals surface area contributed by atoms with Gasteiger partial charge >= 0.3 is 11.9 Å². The Bertz CT molecular complexity index is 1700. The van der Waals surface area contributed by atoms with Crippen molar-refractivity contribution >= 4 is 11.9 Å². The van der Waals surface area contributed by atoms with E-state index in [0.717, 1.165) is 11.1 Å². The summed E-state index contributed by atoms with van der Waals surface area (Å²) in [5.74, 6) is -0.159. The zero-order valence-corrected chi connectivity index (χ0v) is 26.6. The van der Waals surface area contributed by atoms with Gasteiger partial charge in [-0.05, 0) is 23.3 Å². The standard InChI is InChI=1S/C38H34O10/c1-5-13-27(23-15-9-7-10-16-23)47-37(39)25-19-29(41-3)33-35(45-21-43-33)31(25)32-26(20-30(42-4)34-36(32)46-22-44-34)38(40)48-28(14-6-2)24-17-11-8-12-18-24/h5-12,15-20,27-28H,1-2,13-14,21-22H2,3-4H3/t27-,28?/m0/s1. The van der Waals surface area contributed by atoms with Crippen LogP contribution in [0.25, 0.3) is 11.1 Å². The summed E-state index contributed by atoms with van der Waals surface area (Å²) in [6.45, 7) is 7.36. The molecule has 0 fully saturated rings. The van der Waals surface area contributed by atoms with Crippen LogP contribution in [0.5, 0.6) is 34.5 Å². The minimum atomic E-state index is -0.714. The van der Waals surface area contributed by atoms with Gasteiger partial charge in [-0.15, -0.1) is 13.2 Å². The second-order valence-electron chi connectivity index (χ2n) is 10.8. The second-order valence-corrected chi connectivity index (χ2v) is 10.8. The molecule has 2 aliphatic rings. The van der Waals surface area contributed by atoms with Crippen LogP contribution in [-0.4, -0.2) is 39.7 Å². The third-order valence-electron chi connectivity index (χ3n) is 7.95. The lowest BCUT2D eigenvalue weighted by Gasteiger charge is -2.22. The molecule has 4 aromatic rings. The van der Waals surface area contributed by atoms with Crippen LogP contribution < -0.4 is 28.4 Å². The summed E-state index contributed by atoms with van der Waals surface area (Å²) in [6, 6.07) is 21.6. The summed E-state index contributed by atoms with van der Waals surface area (Å²) in [6.07, 6.45) is 2.74. The zero-order chi connectivity index (χ0) is 33.6. The Hall–Kier alpha value is -5.90. The molecule has 1 unspecified atom stereocenters. The van der Waals surface area contributed by atoms with Crippen LogP contribution in [0.15, 0.2) is 98.1 Å². The van der Waals surface area contributed by atoms with E-state index in [2.05, 4.69) is 13.2 Å². The van der Waals surface area contributed by atoms with Gasteiger partial charge in [0.2, 0.25) is 25.1 Å². The van der Waals surface area contributed by atoms with E-state index in [1.165, 1.54) is 26.4 Å². The SMILES string of the molecule is C=CCC(OC(=O)c1cc(OC)c2c(c1-c1c(C(=O)O[C@@H](CC=C)c3ccccc3)cc(OC)c3c1OCO3)OCO2)c1ccccc1. The van der Waals surface area contributed by atoms with Crippen molar-refractivity contribution in [3.8, 4) is 45.6 Å². The van der Waals surface area contributed by atoms with Crippen molar-refractivity contribution in [1.29, 1.82) is 0 Å². The van der Waals surface area contributed by atoms with Crippen LogP contribution >= 0.6 is 0 Å². The first-order valence-electron chi connectivity index (χ1n) is 15.2. The van der Waals surface area contributed by atoms with E-state index in [9.17, 15) is 9.59 Å². The third-order valence-corrected chi connectivity index (χ3v) is 7.95. The predicted octanol–water partition coefficient (Wildman–Crippen LogP) is 7.78. The van der Waals surface area contributed by atoms with E-state index in [0.29, 0.717) is 12.8 Å². The Morgan fingerprint density at radius 1 is 0.646 bits per heavy atom. The number of benzene rings is 4. The average molecular weight is 651 g/mol. The Labute approximate surface area is 278 Å². The van der Waals surface area contributed by atoms with Crippen molar-refractivity contribution in [2.24, 2.45) is 0 Å². The molecule has 0 saturated carbocycles. The fourth-order valence-electron chi connectivity index (χ4n) is 5.73. The van der Waals surface area contributed by atoms with Crippen molar-refractivity contribution in [1.82, 2.24) is 0 Å². The maximum Gasteiger partial charge on any atom is 0.339 e. The summed E-state index contributed by atoms with van der Waals surface area (Å²) < 4.78 is 47.0. The molecule has 0 amide bonds. The largest absolute Gasteiger partial charge is 0.493 e. The van der Waals surface area contributed by atoms with Gasteiger partial charge in [0.05, 0.1) is 25.3 Å². The monoisotopic (exact) mass is 650 g/mol. The van der Waals surface area contributed by atoms with E-state index in [4.69, 9.17) is 37.9 Å². The summed E-state index contributed by atoms with van der Waals surface area (Å²) in [4.78, 5) is 28.6. The first kappa shape index (κ1) is 32.1. The van der Waals surface area contributed by atoms with Crippen molar-refractivity contribution < 1.29 is 47.5 Å². The van der Waals surface area contributed by atoms with Gasteiger partial charge in [0, 0.05) is 24.0 Å². The molecule has 0 spiro atoms. The molecule has 0 N–H and O–H groups in total. The van der Waals surface area contributed by atoms with E-state index in [-0.39, 0.29) is 70.3 Å². The van der Waals surface area contributed by atoms with Crippen LogP contribution in [0.3, 0.4) is 0 Å². The van der Waals surface area contributed by atoms with Gasteiger partial charge in [-0.3, -0.25) is 0 Å². The lowest BCUT2D eigenvalue weighted by Crippen LogP contribution is -2.15. The number of hydrogen-bond donors (Lipinski definition) is 0. The highest BCUT2D eigenvalue weighted by Crippen LogP contribution is 2.57. The number of carbonyl (C=O) groups excluding carboxylic acids is 2. The van der Waals surface area contributed by atoms with Crippen LogP contribution in [0.2, 0.25) is 0 Å². The Morgan fingerprint density at radius 2 is 1.02 bits per heavy atom. The normalized spacial score (nSPS) is 13.6. The number of fused-ring (bicyclic) bond motifs is 2. The fourth-order valence-corrected chi connectivity index (χ4v) is 5.73. The Morgan fingerprint density at radius 3 is 1.38 bits per heavy atom. The maximum absolute atomic E-state index is 14.3. The molecule has 2 atom stereocenters. The molecule has 10 heteroatoms. The molecule has 0 saturated heterocycles. The summed E-state index contributed by atoms with van der Waals surface area (Å²) in [5.41, 5.74) is 1.97.